The van der Waals surface area contributed by atoms with Gasteiger partial charge in [0.05, 0.1) is 22.4 Å². The van der Waals surface area contributed by atoms with E-state index in [9.17, 15) is 0 Å². The first-order chi connectivity index (χ1) is 27.7. The van der Waals surface area contributed by atoms with Crippen LogP contribution in [-0.2, 0) is 10.8 Å². The van der Waals surface area contributed by atoms with Crippen molar-refractivity contribution in [1.82, 2.24) is 14.5 Å². The van der Waals surface area contributed by atoms with Crippen LogP contribution in [0.1, 0.15) is 51.7 Å². The second kappa shape index (κ2) is 13.6. The van der Waals surface area contributed by atoms with Crippen molar-refractivity contribution in [2.45, 2.75) is 51.4 Å². The molecule has 1 aliphatic rings. The molecule has 2 heterocycles. The summed E-state index contributed by atoms with van der Waals surface area (Å²) in [5, 5.41) is 2.50. The predicted molar refractivity (Wildman–Crippen MR) is 239 cm³/mol. The lowest BCUT2D eigenvalue weighted by molar-refractivity contribution is 0.332. The van der Waals surface area contributed by atoms with Gasteiger partial charge in [-0.25, -0.2) is 9.97 Å². The second-order valence-corrected chi connectivity index (χ2v) is 16.9. The third-order valence-electron chi connectivity index (χ3n) is 12.3. The van der Waals surface area contributed by atoms with E-state index in [1.165, 1.54) is 62.5 Å². The Morgan fingerprint density at radius 2 is 0.860 bits per heavy atom. The van der Waals surface area contributed by atoms with Crippen LogP contribution in [0.2, 0.25) is 0 Å². The number of hydrogen-bond donors (Lipinski definition) is 0. The third kappa shape index (κ3) is 6.24. The van der Waals surface area contributed by atoms with Crippen molar-refractivity contribution in [3.8, 4) is 61.8 Å². The standard InChI is InChI=1S/C54H45N3/c1-53(2)30-31-54(3,4)47-34-40(26-29-46(47)53)39-17-13-19-42(33-39)49-35-48(41-18-12-16-38(32-41)36-14-6-5-7-15-36)55-52(56-49)37-24-27-43(28-25-37)57-50-22-10-8-20-44(50)45-21-9-11-23-51(45)57/h5-29,32-35H,30-31H2,1-4H3. The van der Waals surface area contributed by atoms with Crippen molar-refractivity contribution in [3.63, 3.8) is 0 Å². The molecule has 0 bridgehead atoms. The number of fused-ring (bicyclic) bond motifs is 4. The molecule has 0 N–H and O–H groups in total. The van der Waals surface area contributed by atoms with Gasteiger partial charge in [-0.3, -0.25) is 0 Å². The van der Waals surface area contributed by atoms with Crippen molar-refractivity contribution in [1.29, 1.82) is 0 Å². The van der Waals surface area contributed by atoms with Gasteiger partial charge < -0.3 is 4.57 Å². The summed E-state index contributed by atoms with van der Waals surface area (Å²) in [7, 11) is 0. The first-order valence-corrected chi connectivity index (χ1v) is 20.1. The minimum atomic E-state index is 0.139. The number of rotatable bonds is 6. The highest BCUT2D eigenvalue weighted by atomic mass is 15.0. The van der Waals surface area contributed by atoms with Crippen LogP contribution >= 0.6 is 0 Å². The van der Waals surface area contributed by atoms with Crippen LogP contribution in [0, 0.1) is 0 Å². The largest absolute Gasteiger partial charge is 0.309 e. The molecule has 0 atom stereocenters. The topological polar surface area (TPSA) is 30.7 Å². The third-order valence-corrected chi connectivity index (χ3v) is 12.3. The number of benzene rings is 7. The molecule has 2 aromatic heterocycles. The normalized spacial score (nSPS) is 14.5. The monoisotopic (exact) mass is 735 g/mol. The quantitative estimate of drug-likeness (QED) is 0.170. The molecule has 9 aromatic rings. The maximum absolute atomic E-state index is 5.30. The summed E-state index contributed by atoms with van der Waals surface area (Å²) >= 11 is 0. The zero-order valence-electron chi connectivity index (χ0n) is 33.0. The first-order valence-electron chi connectivity index (χ1n) is 20.1. The summed E-state index contributed by atoms with van der Waals surface area (Å²) < 4.78 is 2.35. The fourth-order valence-electron chi connectivity index (χ4n) is 8.95. The summed E-state index contributed by atoms with van der Waals surface area (Å²) in [5.41, 5.74) is 16.4. The van der Waals surface area contributed by atoms with Crippen LogP contribution < -0.4 is 0 Å². The van der Waals surface area contributed by atoms with Gasteiger partial charge in [-0.15, -0.1) is 0 Å². The van der Waals surface area contributed by atoms with Crippen LogP contribution in [0.5, 0.6) is 0 Å². The average Bonchev–Trinajstić information content (AvgIpc) is 3.60. The van der Waals surface area contributed by atoms with Crippen molar-refractivity contribution in [2.24, 2.45) is 0 Å². The van der Waals surface area contributed by atoms with Crippen molar-refractivity contribution < 1.29 is 0 Å². The van der Waals surface area contributed by atoms with Crippen molar-refractivity contribution in [3.05, 3.63) is 187 Å². The molecule has 7 aromatic carbocycles. The average molecular weight is 736 g/mol. The summed E-state index contributed by atoms with van der Waals surface area (Å²) in [5.74, 6) is 0.699. The van der Waals surface area contributed by atoms with Gasteiger partial charge in [-0.1, -0.05) is 149 Å². The summed E-state index contributed by atoms with van der Waals surface area (Å²) in [4.78, 5) is 10.6. The molecule has 3 nitrogen and oxygen atoms in total. The lowest BCUT2D eigenvalue weighted by Gasteiger charge is -2.42. The van der Waals surface area contributed by atoms with Crippen LogP contribution in [-0.4, -0.2) is 14.5 Å². The second-order valence-electron chi connectivity index (χ2n) is 16.9. The summed E-state index contributed by atoms with van der Waals surface area (Å²) in [6.45, 7) is 9.57. The summed E-state index contributed by atoms with van der Waals surface area (Å²) in [6.07, 6.45) is 2.39. The fourth-order valence-corrected chi connectivity index (χ4v) is 8.95. The Balaban J connectivity index is 1.09. The number of para-hydroxylation sites is 2. The Morgan fingerprint density at radius 1 is 0.386 bits per heavy atom. The van der Waals surface area contributed by atoms with E-state index in [2.05, 4.69) is 208 Å². The minimum Gasteiger partial charge on any atom is -0.309 e. The van der Waals surface area contributed by atoms with Gasteiger partial charge in [-0.2, -0.15) is 0 Å². The molecule has 0 saturated heterocycles. The van der Waals surface area contributed by atoms with Crippen LogP contribution in [0.25, 0.3) is 83.6 Å². The molecule has 0 unspecified atom stereocenters. The van der Waals surface area contributed by atoms with Gasteiger partial charge in [0.15, 0.2) is 5.82 Å². The molecule has 10 rings (SSSR count). The highest BCUT2D eigenvalue weighted by Crippen LogP contribution is 2.47. The van der Waals surface area contributed by atoms with Gasteiger partial charge in [0.25, 0.3) is 0 Å². The van der Waals surface area contributed by atoms with Crippen molar-refractivity contribution in [2.75, 3.05) is 0 Å². The molecule has 0 amide bonds. The minimum absolute atomic E-state index is 0.139. The van der Waals surface area contributed by atoms with Gasteiger partial charge in [0.1, 0.15) is 0 Å². The molecular weight excluding hydrogens is 691 g/mol. The lowest BCUT2D eigenvalue weighted by Crippen LogP contribution is -2.33. The Kier molecular flexibility index (Phi) is 8.30. The molecule has 276 valence electrons. The molecule has 1 aliphatic carbocycles. The van der Waals surface area contributed by atoms with E-state index in [-0.39, 0.29) is 10.8 Å². The van der Waals surface area contributed by atoms with E-state index in [0.717, 1.165) is 39.3 Å². The number of nitrogens with zero attached hydrogens (tertiary/aromatic N) is 3. The summed E-state index contributed by atoms with van der Waals surface area (Å²) in [6, 6.07) is 63.4. The van der Waals surface area contributed by atoms with Gasteiger partial charge in [0.2, 0.25) is 0 Å². The molecule has 3 heteroatoms. The molecule has 0 saturated carbocycles. The van der Waals surface area contributed by atoms with Crippen LogP contribution in [0.15, 0.2) is 176 Å². The van der Waals surface area contributed by atoms with E-state index >= 15 is 0 Å². The molecule has 0 fully saturated rings. The zero-order chi connectivity index (χ0) is 38.7. The molecule has 0 spiro atoms. The van der Waals surface area contributed by atoms with Gasteiger partial charge >= 0.3 is 0 Å². The molecule has 0 aliphatic heterocycles. The zero-order valence-corrected chi connectivity index (χ0v) is 33.0. The fraction of sp³-hybridized carbons (Fsp3) is 0.148. The number of hydrogen-bond acceptors (Lipinski definition) is 2. The SMILES string of the molecule is CC1(C)CCC(C)(C)c2cc(-c3cccc(-c4cc(-c5cccc(-c6ccccc6)c5)nc(-c5ccc(-n6c7ccccc7c7ccccc76)cc5)n4)c3)ccc21. The Labute approximate surface area is 335 Å². The van der Waals surface area contributed by atoms with E-state index in [1.54, 1.807) is 0 Å². The highest BCUT2D eigenvalue weighted by molar-refractivity contribution is 6.09. The lowest BCUT2D eigenvalue weighted by atomic mass is 9.63. The van der Waals surface area contributed by atoms with Crippen LogP contribution in [0.3, 0.4) is 0 Å². The van der Waals surface area contributed by atoms with Gasteiger partial charge in [0, 0.05) is 33.2 Å². The Morgan fingerprint density at radius 3 is 1.47 bits per heavy atom. The van der Waals surface area contributed by atoms with Crippen LogP contribution in [0.4, 0.5) is 0 Å². The van der Waals surface area contributed by atoms with E-state index in [1.807, 2.05) is 0 Å². The van der Waals surface area contributed by atoms with E-state index in [0.29, 0.717) is 5.82 Å². The maximum Gasteiger partial charge on any atom is 0.160 e. The first kappa shape index (κ1) is 34.9. The molecule has 0 radical (unpaired) electrons. The maximum atomic E-state index is 5.30. The smallest absolute Gasteiger partial charge is 0.160 e. The predicted octanol–water partition coefficient (Wildman–Crippen LogP) is 14.3. The van der Waals surface area contributed by atoms with Gasteiger partial charge in [-0.05, 0) is 112 Å². The molecular formula is C54H45N3. The van der Waals surface area contributed by atoms with Crippen molar-refractivity contribution >= 4 is 21.8 Å². The number of aromatic nitrogens is 3. The van der Waals surface area contributed by atoms with E-state index in [4.69, 9.17) is 9.97 Å². The Hall–Kier alpha value is -6.58. The molecule has 57 heavy (non-hydrogen) atoms. The van der Waals surface area contributed by atoms with E-state index < -0.39 is 0 Å². The Bertz CT molecular complexity index is 2900. The highest BCUT2D eigenvalue weighted by Gasteiger charge is 2.37.